The standard InChI is InChI=1S/C21H33N7O2.C2H6/c1-6-22-19-18(15(3)27-10-8-16(30-5)9-11-27)24-21(23-7-2)25-20(19)28-13-12-26(4)17(29)14-28;1-2/h6,16H,3,7-14H2,1-2,4-5H3,(H,23,24,25);1-2H3. The second-order valence-corrected chi connectivity index (χ2v) is 7.59. The lowest BCUT2D eigenvalue weighted by atomic mass is 10.1. The monoisotopic (exact) mass is 445 g/mol. The molecule has 0 aromatic carbocycles. The van der Waals surface area contributed by atoms with Gasteiger partial charge in [0.25, 0.3) is 0 Å². The Morgan fingerprint density at radius 3 is 2.50 bits per heavy atom. The summed E-state index contributed by atoms with van der Waals surface area (Å²) in [5.41, 5.74) is 2.19. The van der Waals surface area contributed by atoms with Gasteiger partial charge in [-0.05, 0) is 26.7 Å². The van der Waals surface area contributed by atoms with Gasteiger partial charge in [-0.2, -0.15) is 4.98 Å². The van der Waals surface area contributed by atoms with Crippen LogP contribution in [0.5, 0.6) is 0 Å². The molecule has 0 spiro atoms. The third-order valence-corrected chi connectivity index (χ3v) is 5.65. The summed E-state index contributed by atoms with van der Waals surface area (Å²) in [6.45, 7) is 16.3. The summed E-state index contributed by atoms with van der Waals surface area (Å²) in [7, 11) is 3.59. The van der Waals surface area contributed by atoms with Crippen molar-refractivity contribution < 1.29 is 9.53 Å². The number of likely N-dealkylation sites (N-methyl/N-ethyl adjacent to an activating group) is 1. The summed E-state index contributed by atoms with van der Waals surface area (Å²) in [6.07, 6.45) is 3.93. The molecule has 1 amide bonds. The Labute approximate surface area is 192 Å². The summed E-state index contributed by atoms with van der Waals surface area (Å²) < 4.78 is 5.50. The first-order valence-corrected chi connectivity index (χ1v) is 11.6. The number of ether oxygens (including phenoxy) is 1. The number of hydrogen-bond acceptors (Lipinski definition) is 8. The zero-order valence-electron chi connectivity index (χ0n) is 20.5. The van der Waals surface area contributed by atoms with Gasteiger partial charge in [0.1, 0.15) is 11.4 Å². The largest absolute Gasteiger partial charge is 0.381 e. The number of piperidine rings is 1. The van der Waals surface area contributed by atoms with Crippen LogP contribution in [0.2, 0.25) is 0 Å². The smallest absolute Gasteiger partial charge is 0.241 e. The number of aliphatic imine (C=N–C) groups is 1. The average molecular weight is 446 g/mol. The van der Waals surface area contributed by atoms with Gasteiger partial charge in [-0.1, -0.05) is 20.4 Å². The van der Waals surface area contributed by atoms with E-state index in [0.29, 0.717) is 42.8 Å². The maximum atomic E-state index is 12.3. The van der Waals surface area contributed by atoms with E-state index in [0.717, 1.165) is 31.6 Å². The molecule has 0 bridgehead atoms. The molecule has 2 aliphatic heterocycles. The predicted octanol–water partition coefficient (Wildman–Crippen LogP) is 3.02. The molecule has 178 valence electrons. The van der Waals surface area contributed by atoms with E-state index in [4.69, 9.17) is 14.7 Å². The fourth-order valence-electron chi connectivity index (χ4n) is 3.80. The van der Waals surface area contributed by atoms with Crippen LogP contribution < -0.4 is 10.2 Å². The van der Waals surface area contributed by atoms with Crippen molar-refractivity contribution >= 4 is 35.3 Å². The first kappa shape index (κ1) is 25.6. The summed E-state index contributed by atoms with van der Waals surface area (Å²) in [6, 6.07) is 0. The van der Waals surface area contributed by atoms with Crippen LogP contribution in [-0.2, 0) is 9.53 Å². The number of likely N-dealkylation sites (tertiary alicyclic amines) is 1. The molecular weight excluding hydrogens is 406 g/mol. The van der Waals surface area contributed by atoms with Crippen LogP contribution in [0.25, 0.3) is 5.70 Å². The Kier molecular flexibility index (Phi) is 9.90. The number of carbonyl (C=O) groups excluding carboxylic acids is 1. The van der Waals surface area contributed by atoms with Crippen molar-refractivity contribution in [2.24, 2.45) is 4.99 Å². The highest BCUT2D eigenvalue weighted by Gasteiger charge is 2.29. The molecule has 2 aliphatic rings. The van der Waals surface area contributed by atoms with E-state index in [-0.39, 0.29) is 18.6 Å². The Morgan fingerprint density at radius 1 is 1.25 bits per heavy atom. The Morgan fingerprint density at radius 2 is 1.94 bits per heavy atom. The lowest BCUT2D eigenvalue weighted by molar-refractivity contribution is -0.129. The number of anilines is 2. The summed E-state index contributed by atoms with van der Waals surface area (Å²) in [5.74, 6) is 1.26. The highest BCUT2D eigenvalue weighted by Crippen LogP contribution is 2.36. The van der Waals surface area contributed by atoms with E-state index in [1.54, 1.807) is 18.2 Å². The molecular formula is C23H39N7O2. The van der Waals surface area contributed by atoms with Crippen LogP contribution in [0.15, 0.2) is 11.6 Å². The highest BCUT2D eigenvalue weighted by molar-refractivity contribution is 5.86. The number of nitrogens with one attached hydrogen (secondary N) is 1. The topological polar surface area (TPSA) is 86.2 Å². The molecule has 0 aliphatic carbocycles. The zero-order valence-corrected chi connectivity index (χ0v) is 20.5. The van der Waals surface area contributed by atoms with Crippen molar-refractivity contribution in [1.29, 1.82) is 0 Å². The van der Waals surface area contributed by atoms with Crippen molar-refractivity contribution in [3.8, 4) is 0 Å². The number of hydrogen-bond donors (Lipinski definition) is 1. The van der Waals surface area contributed by atoms with Crippen LogP contribution in [-0.4, -0.2) is 91.4 Å². The Hall–Kier alpha value is -2.68. The molecule has 0 unspecified atom stereocenters. The fraction of sp³-hybridized carbons (Fsp3) is 0.652. The number of rotatable bonds is 7. The third-order valence-electron chi connectivity index (χ3n) is 5.65. The van der Waals surface area contributed by atoms with Crippen molar-refractivity contribution in [2.75, 3.05) is 63.6 Å². The summed E-state index contributed by atoms with van der Waals surface area (Å²) >= 11 is 0. The van der Waals surface area contributed by atoms with Crippen molar-refractivity contribution in [1.82, 2.24) is 19.8 Å². The molecule has 1 aromatic rings. The minimum absolute atomic E-state index is 0.0679. The highest BCUT2D eigenvalue weighted by atomic mass is 16.5. The van der Waals surface area contributed by atoms with Gasteiger partial charge in [-0.25, -0.2) is 4.98 Å². The molecule has 3 rings (SSSR count). The van der Waals surface area contributed by atoms with Crippen LogP contribution in [0, 0.1) is 0 Å². The van der Waals surface area contributed by atoms with Crippen LogP contribution in [0.3, 0.4) is 0 Å². The molecule has 0 saturated carbocycles. The Balaban J connectivity index is 0.00000176. The Bertz CT molecular complexity index is 804. The molecule has 3 heterocycles. The van der Waals surface area contributed by atoms with Crippen molar-refractivity contribution in [2.45, 2.75) is 46.6 Å². The van der Waals surface area contributed by atoms with Gasteiger partial charge < -0.3 is 24.8 Å². The molecule has 9 heteroatoms. The molecule has 1 N–H and O–H groups in total. The lowest BCUT2D eigenvalue weighted by Crippen LogP contribution is -2.49. The minimum atomic E-state index is 0.0679. The second-order valence-electron chi connectivity index (χ2n) is 7.59. The maximum absolute atomic E-state index is 12.3. The van der Waals surface area contributed by atoms with Crippen molar-refractivity contribution in [3.63, 3.8) is 0 Å². The number of piperazine rings is 1. The first-order valence-electron chi connectivity index (χ1n) is 11.6. The van der Waals surface area contributed by atoms with E-state index in [2.05, 4.69) is 21.8 Å². The van der Waals surface area contributed by atoms with Gasteiger partial charge in [-0.3, -0.25) is 9.79 Å². The van der Waals surface area contributed by atoms with Gasteiger partial charge in [0.2, 0.25) is 11.9 Å². The summed E-state index contributed by atoms with van der Waals surface area (Å²) in [4.78, 5) is 32.4. The van der Waals surface area contributed by atoms with Gasteiger partial charge in [0.05, 0.1) is 18.3 Å². The quantitative estimate of drug-likeness (QED) is 0.646. The number of aromatic nitrogens is 2. The van der Waals surface area contributed by atoms with Gasteiger partial charge >= 0.3 is 0 Å². The number of nitrogens with zero attached hydrogens (tertiary/aromatic N) is 6. The molecule has 2 saturated heterocycles. The molecule has 9 nitrogen and oxygen atoms in total. The van der Waals surface area contributed by atoms with E-state index < -0.39 is 0 Å². The van der Waals surface area contributed by atoms with E-state index in [1.807, 2.05) is 39.6 Å². The number of amides is 1. The van der Waals surface area contributed by atoms with Crippen LogP contribution in [0.1, 0.15) is 46.2 Å². The van der Waals surface area contributed by atoms with E-state index >= 15 is 0 Å². The zero-order chi connectivity index (χ0) is 23.7. The van der Waals surface area contributed by atoms with Crippen molar-refractivity contribution in [3.05, 3.63) is 12.3 Å². The van der Waals surface area contributed by atoms with Gasteiger partial charge in [0, 0.05) is 53.1 Å². The molecule has 0 radical (unpaired) electrons. The molecule has 1 aromatic heterocycles. The van der Waals surface area contributed by atoms with Gasteiger partial charge in [0.15, 0.2) is 5.82 Å². The minimum Gasteiger partial charge on any atom is -0.381 e. The SMILES string of the molecule is C=C(c1nc(NCC)nc(N2CCN(C)C(=O)C2)c1N=CC)N1CCC(OC)CC1.CC. The third kappa shape index (κ3) is 5.97. The number of carbonyl (C=O) groups is 1. The first-order chi connectivity index (χ1) is 15.5. The molecule has 32 heavy (non-hydrogen) atoms. The van der Waals surface area contributed by atoms with Crippen LogP contribution >= 0.6 is 0 Å². The summed E-state index contributed by atoms with van der Waals surface area (Å²) in [5, 5.41) is 3.21. The second kappa shape index (κ2) is 12.4. The number of methoxy groups -OCH3 is 1. The normalized spacial score (nSPS) is 17.4. The van der Waals surface area contributed by atoms with Gasteiger partial charge in [-0.15, -0.1) is 0 Å². The lowest BCUT2D eigenvalue weighted by Gasteiger charge is -2.36. The van der Waals surface area contributed by atoms with E-state index in [1.165, 1.54) is 0 Å². The average Bonchev–Trinajstić information content (AvgIpc) is 2.83. The fourth-order valence-corrected chi connectivity index (χ4v) is 3.80. The van der Waals surface area contributed by atoms with Crippen LogP contribution in [0.4, 0.5) is 17.5 Å². The van der Waals surface area contributed by atoms with E-state index in [9.17, 15) is 4.79 Å². The molecule has 0 atom stereocenters. The predicted molar refractivity (Wildman–Crippen MR) is 132 cm³/mol. The maximum Gasteiger partial charge on any atom is 0.241 e. The molecule has 2 fully saturated rings.